The van der Waals surface area contributed by atoms with Crippen LogP contribution in [0.25, 0.3) is 11.5 Å². The maximum absolute atomic E-state index is 12.9. The number of rotatable bonds is 7. The molecule has 24 heavy (non-hydrogen) atoms. The van der Waals surface area contributed by atoms with Crippen LogP contribution >= 0.6 is 0 Å². The van der Waals surface area contributed by atoms with Crippen molar-refractivity contribution >= 4 is 0 Å². The highest BCUT2D eigenvalue weighted by Crippen LogP contribution is 2.15. The molecule has 0 N–H and O–H groups in total. The number of aryl methyl sites for hydroxylation is 3. The molecule has 0 atom stereocenters. The van der Waals surface area contributed by atoms with Crippen molar-refractivity contribution in [2.24, 2.45) is 0 Å². The van der Waals surface area contributed by atoms with Gasteiger partial charge in [0, 0.05) is 24.8 Å². The lowest BCUT2D eigenvalue weighted by Crippen LogP contribution is -2.15. The topological polar surface area (TPSA) is 65.8 Å². The molecule has 0 unspecified atom stereocenters. The van der Waals surface area contributed by atoms with Crippen LogP contribution in [0.2, 0.25) is 0 Å². The van der Waals surface area contributed by atoms with E-state index in [9.17, 15) is 9.18 Å². The fraction of sp³-hybridized carbons (Fsp3) is 0.353. The highest BCUT2D eigenvalue weighted by Gasteiger charge is 2.10. The Kier molecular flexibility index (Phi) is 4.88. The van der Waals surface area contributed by atoms with E-state index in [1.54, 1.807) is 0 Å². The van der Waals surface area contributed by atoms with E-state index in [0.29, 0.717) is 12.1 Å². The molecular weight excluding hydrogens is 311 g/mol. The maximum Gasteiger partial charge on any atom is 0.437 e. The van der Waals surface area contributed by atoms with Crippen molar-refractivity contribution in [2.75, 3.05) is 0 Å². The summed E-state index contributed by atoms with van der Waals surface area (Å²) in [6.45, 7) is 3.38. The third kappa shape index (κ3) is 3.98. The van der Waals surface area contributed by atoms with Crippen LogP contribution in [-0.4, -0.2) is 19.6 Å². The van der Waals surface area contributed by atoms with Gasteiger partial charge in [-0.15, -0.1) is 5.10 Å². The first kappa shape index (κ1) is 16.2. The second-order valence-corrected chi connectivity index (χ2v) is 5.74. The van der Waals surface area contributed by atoms with Crippen molar-refractivity contribution in [3.8, 4) is 11.5 Å². The standard InChI is InChI=1S/C17H19FN4O2/c1-13-11-19-21(12-13)9-3-2-4-10-22-17(23)24-16(20-22)14-5-7-15(18)8-6-14/h5-8,11-12H,2-4,9-10H2,1H3. The van der Waals surface area contributed by atoms with Gasteiger partial charge in [0.1, 0.15) is 5.82 Å². The summed E-state index contributed by atoms with van der Waals surface area (Å²) in [6, 6.07) is 5.70. The van der Waals surface area contributed by atoms with Crippen molar-refractivity contribution in [3.63, 3.8) is 0 Å². The first-order valence-electron chi connectivity index (χ1n) is 7.95. The third-order valence-electron chi connectivity index (χ3n) is 3.72. The predicted molar refractivity (Wildman–Crippen MR) is 87.0 cm³/mol. The highest BCUT2D eigenvalue weighted by atomic mass is 19.1. The summed E-state index contributed by atoms with van der Waals surface area (Å²) < 4.78 is 21.3. The Hall–Kier alpha value is -2.70. The third-order valence-corrected chi connectivity index (χ3v) is 3.72. The largest absolute Gasteiger partial charge is 0.437 e. The molecular formula is C17H19FN4O2. The first-order valence-corrected chi connectivity index (χ1v) is 7.95. The van der Waals surface area contributed by atoms with E-state index < -0.39 is 5.76 Å². The SMILES string of the molecule is Cc1cnn(CCCCCn2nc(-c3ccc(F)cc3)oc2=O)c1. The minimum atomic E-state index is -0.489. The van der Waals surface area contributed by atoms with E-state index in [1.165, 1.54) is 28.9 Å². The molecule has 6 nitrogen and oxygen atoms in total. The number of unbranched alkanes of at least 4 members (excludes halogenated alkanes) is 2. The molecule has 0 fully saturated rings. The molecule has 0 aliphatic heterocycles. The molecule has 0 amide bonds. The van der Waals surface area contributed by atoms with Crippen molar-refractivity contribution in [1.29, 1.82) is 0 Å². The monoisotopic (exact) mass is 330 g/mol. The second kappa shape index (κ2) is 7.25. The van der Waals surface area contributed by atoms with Crippen LogP contribution in [0, 0.1) is 12.7 Å². The Balaban J connectivity index is 1.50. The van der Waals surface area contributed by atoms with Gasteiger partial charge in [-0.2, -0.15) is 9.78 Å². The summed E-state index contributed by atoms with van der Waals surface area (Å²) in [5.41, 5.74) is 1.73. The fourth-order valence-corrected chi connectivity index (χ4v) is 2.46. The van der Waals surface area contributed by atoms with Crippen LogP contribution in [0.3, 0.4) is 0 Å². The fourth-order valence-electron chi connectivity index (χ4n) is 2.46. The van der Waals surface area contributed by atoms with E-state index >= 15 is 0 Å². The van der Waals surface area contributed by atoms with Crippen LogP contribution in [0.4, 0.5) is 4.39 Å². The molecule has 0 saturated heterocycles. The Labute approximate surface area is 138 Å². The molecule has 0 spiro atoms. The summed E-state index contributed by atoms with van der Waals surface area (Å²) in [5.74, 6) is -0.614. The van der Waals surface area contributed by atoms with Crippen LogP contribution in [0.1, 0.15) is 24.8 Å². The lowest BCUT2D eigenvalue weighted by Gasteiger charge is -2.01. The van der Waals surface area contributed by atoms with Crippen LogP contribution in [0.5, 0.6) is 0 Å². The zero-order chi connectivity index (χ0) is 16.9. The Morgan fingerprint density at radius 3 is 2.58 bits per heavy atom. The number of aromatic nitrogens is 4. The molecule has 1 aromatic carbocycles. The number of halogens is 1. The summed E-state index contributed by atoms with van der Waals surface area (Å²) >= 11 is 0. The molecule has 3 rings (SSSR count). The zero-order valence-electron chi connectivity index (χ0n) is 13.5. The molecule has 3 aromatic rings. The minimum absolute atomic E-state index is 0.215. The minimum Gasteiger partial charge on any atom is -0.388 e. The van der Waals surface area contributed by atoms with Gasteiger partial charge < -0.3 is 4.42 Å². The Morgan fingerprint density at radius 2 is 1.88 bits per heavy atom. The average Bonchev–Trinajstić information content (AvgIpc) is 3.14. The second-order valence-electron chi connectivity index (χ2n) is 5.74. The maximum atomic E-state index is 12.9. The van der Waals surface area contributed by atoms with E-state index in [2.05, 4.69) is 10.2 Å². The molecule has 0 radical (unpaired) electrons. The summed E-state index contributed by atoms with van der Waals surface area (Å²) in [4.78, 5) is 11.8. The van der Waals surface area contributed by atoms with Crippen molar-refractivity contribution in [1.82, 2.24) is 19.6 Å². The van der Waals surface area contributed by atoms with E-state index in [0.717, 1.165) is 31.4 Å². The lowest BCUT2D eigenvalue weighted by molar-refractivity contribution is 0.456. The molecule has 2 heterocycles. The van der Waals surface area contributed by atoms with Gasteiger partial charge >= 0.3 is 5.76 Å². The van der Waals surface area contributed by atoms with Crippen molar-refractivity contribution < 1.29 is 8.81 Å². The van der Waals surface area contributed by atoms with Gasteiger partial charge in [0.25, 0.3) is 0 Å². The predicted octanol–water partition coefficient (Wildman–Crippen LogP) is 3.02. The van der Waals surface area contributed by atoms with Gasteiger partial charge in [-0.3, -0.25) is 4.68 Å². The van der Waals surface area contributed by atoms with E-state index in [1.807, 2.05) is 24.0 Å². The van der Waals surface area contributed by atoms with E-state index in [-0.39, 0.29) is 11.7 Å². The molecule has 0 aliphatic carbocycles. The number of hydrogen-bond acceptors (Lipinski definition) is 4. The summed E-state index contributed by atoms with van der Waals surface area (Å²) in [5, 5.41) is 8.40. The Bertz CT molecular complexity index is 848. The normalized spacial score (nSPS) is 11.1. The molecule has 126 valence electrons. The van der Waals surface area contributed by atoms with Crippen molar-refractivity contribution in [2.45, 2.75) is 39.3 Å². The molecule has 2 aromatic heterocycles. The average molecular weight is 330 g/mol. The van der Waals surface area contributed by atoms with E-state index in [4.69, 9.17) is 4.42 Å². The van der Waals surface area contributed by atoms with Gasteiger partial charge in [-0.05, 0) is 56.0 Å². The summed E-state index contributed by atoms with van der Waals surface area (Å²) in [7, 11) is 0. The quantitative estimate of drug-likeness (QED) is 0.625. The number of hydrogen-bond donors (Lipinski definition) is 0. The molecule has 0 bridgehead atoms. The van der Waals surface area contributed by atoms with Crippen LogP contribution in [-0.2, 0) is 13.1 Å². The zero-order valence-corrected chi connectivity index (χ0v) is 13.5. The van der Waals surface area contributed by atoms with Gasteiger partial charge in [-0.1, -0.05) is 0 Å². The van der Waals surface area contributed by atoms with Crippen molar-refractivity contribution in [3.05, 3.63) is 58.6 Å². The highest BCUT2D eigenvalue weighted by molar-refractivity contribution is 5.51. The van der Waals surface area contributed by atoms with Gasteiger partial charge in [0.05, 0.1) is 6.20 Å². The first-order chi connectivity index (χ1) is 11.6. The molecule has 0 saturated carbocycles. The lowest BCUT2D eigenvalue weighted by atomic mass is 10.2. The van der Waals surface area contributed by atoms with Gasteiger partial charge in [0.2, 0.25) is 5.89 Å². The molecule has 7 heteroatoms. The van der Waals surface area contributed by atoms with Gasteiger partial charge in [-0.25, -0.2) is 9.18 Å². The van der Waals surface area contributed by atoms with Crippen LogP contribution < -0.4 is 5.76 Å². The Morgan fingerprint density at radius 1 is 1.12 bits per heavy atom. The van der Waals surface area contributed by atoms with Crippen LogP contribution in [0.15, 0.2) is 45.9 Å². The summed E-state index contributed by atoms with van der Waals surface area (Å²) in [6.07, 6.45) is 6.63. The molecule has 0 aliphatic rings. The smallest absolute Gasteiger partial charge is 0.388 e. The number of benzene rings is 1. The number of nitrogens with zero attached hydrogens (tertiary/aromatic N) is 4. The van der Waals surface area contributed by atoms with Gasteiger partial charge in [0.15, 0.2) is 0 Å².